The molecule has 0 aliphatic carbocycles. The Morgan fingerprint density at radius 1 is 1.47 bits per heavy atom. The molecule has 0 saturated carbocycles. The minimum Gasteiger partial charge on any atom is -0.380 e. The average molecular weight is 259 g/mol. The van der Waals surface area contributed by atoms with E-state index in [4.69, 9.17) is 16.3 Å². The second-order valence-electron chi connectivity index (χ2n) is 3.50. The summed E-state index contributed by atoms with van der Waals surface area (Å²) in [6.45, 7) is 1.99. The number of nitrogens with zero attached hydrogens (tertiary/aromatic N) is 1. The van der Waals surface area contributed by atoms with Crippen LogP contribution in [0.2, 0.25) is 5.02 Å². The second-order valence-corrected chi connectivity index (χ2v) is 3.91. The molecule has 0 aromatic heterocycles. The molecular formula is C11H15ClN2O3. The van der Waals surface area contributed by atoms with Gasteiger partial charge in [-0.25, -0.2) is 0 Å². The zero-order valence-electron chi connectivity index (χ0n) is 9.61. The number of ether oxygens (including phenoxy) is 1. The van der Waals surface area contributed by atoms with Gasteiger partial charge in [0.25, 0.3) is 5.69 Å². The van der Waals surface area contributed by atoms with Gasteiger partial charge in [0.2, 0.25) is 0 Å². The number of likely N-dealkylation sites (N-methyl/N-ethyl adjacent to an activating group) is 1. The van der Waals surface area contributed by atoms with Crippen LogP contribution in [0.5, 0.6) is 0 Å². The fourth-order valence-corrected chi connectivity index (χ4v) is 1.58. The first kappa shape index (κ1) is 13.9. The molecule has 94 valence electrons. The van der Waals surface area contributed by atoms with Crippen LogP contribution in [0, 0.1) is 10.1 Å². The van der Waals surface area contributed by atoms with Gasteiger partial charge in [-0.2, -0.15) is 0 Å². The third kappa shape index (κ3) is 4.68. The van der Waals surface area contributed by atoms with E-state index in [9.17, 15) is 10.1 Å². The Hall–Kier alpha value is -1.17. The Kier molecular flexibility index (Phi) is 5.90. The van der Waals surface area contributed by atoms with E-state index in [0.717, 1.165) is 12.1 Å². The highest BCUT2D eigenvalue weighted by atomic mass is 35.5. The number of hydrogen-bond donors (Lipinski definition) is 1. The molecule has 1 aromatic carbocycles. The van der Waals surface area contributed by atoms with Gasteiger partial charge in [-0.1, -0.05) is 17.7 Å². The van der Waals surface area contributed by atoms with E-state index in [1.54, 1.807) is 6.07 Å². The summed E-state index contributed by atoms with van der Waals surface area (Å²) in [5.74, 6) is 0. The predicted octanol–water partition coefficient (Wildman–Crippen LogP) is 2.03. The van der Waals surface area contributed by atoms with E-state index in [1.165, 1.54) is 12.1 Å². The molecule has 0 atom stereocenters. The normalized spacial score (nSPS) is 10.5. The van der Waals surface area contributed by atoms with Gasteiger partial charge in [-0.3, -0.25) is 10.1 Å². The number of nitro groups is 1. The molecule has 0 unspecified atom stereocenters. The molecule has 0 saturated heterocycles. The van der Waals surface area contributed by atoms with Crippen molar-refractivity contribution in [3.8, 4) is 0 Å². The molecule has 0 fully saturated rings. The first-order valence-electron chi connectivity index (χ1n) is 5.30. The maximum atomic E-state index is 10.5. The summed E-state index contributed by atoms with van der Waals surface area (Å²) in [6, 6.07) is 4.49. The molecule has 1 aromatic rings. The highest BCUT2D eigenvalue weighted by Crippen LogP contribution is 2.22. The van der Waals surface area contributed by atoms with Crippen molar-refractivity contribution < 1.29 is 9.66 Å². The van der Waals surface area contributed by atoms with Crippen LogP contribution < -0.4 is 5.32 Å². The van der Waals surface area contributed by atoms with Crippen molar-refractivity contribution in [1.29, 1.82) is 0 Å². The molecule has 0 bridgehead atoms. The second kappa shape index (κ2) is 7.21. The largest absolute Gasteiger partial charge is 0.380 e. The number of nitrogens with one attached hydrogen (secondary N) is 1. The Bertz CT molecular complexity index is 385. The lowest BCUT2D eigenvalue weighted by Crippen LogP contribution is -2.15. The number of non-ortho nitro benzene ring substituents is 1. The van der Waals surface area contributed by atoms with Crippen molar-refractivity contribution in [2.75, 3.05) is 26.8 Å². The van der Waals surface area contributed by atoms with E-state index < -0.39 is 4.92 Å². The van der Waals surface area contributed by atoms with Gasteiger partial charge in [0.15, 0.2) is 0 Å². The van der Waals surface area contributed by atoms with Crippen LogP contribution in [0.1, 0.15) is 5.56 Å². The highest BCUT2D eigenvalue weighted by molar-refractivity contribution is 6.31. The summed E-state index contributed by atoms with van der Waals surface area (Å²) in [6.07, 6.45) is 0.653. The molecule has 0 heterocycles. The molecule has 1 N–H and O–H groups in total. The van der Waals surface area contributed by atoms with Gasteiger partial charge in [0.05, 0.1) is 23.2 Å². The van der Waals surface area contributed by atoms with E-state index >= 15 is 0 Å². The van der Waals surface area contributed by atoms with Gasteiger partial charge in [-0.05, 0) is 19.0 Å². The van der Waals surface area contributed by atoms with Gasteiger partial charge < -0.3 is 10.1 Å². The SMILES string of the molecule is CNCCOCCc1ccc([N+](=O)[O-])cc1Cl. The third-order valence-electron chi connectivity index (χ3n) is 2.26. The molecule has 0 spiro atoms. The molecule has 0 radical (unpaired) electrons. The smallest absolute Gasteiger partial charge is 0.270 e. The number of halogens is 1. The molecule has 6 heteroatoms. The third-order valence-corrected chi connectivity index (χ3v) is 2.61. The minimum atomic E-state index is -0.459. The first-order valence-corrected chi connectivity index (χ1v) is 5.68. The van der Waals surface area contributed by atoms with Crippen LogP contribution in [-0.2, 0) is 11.2 Å². The molecule has 0 aliphatic heterocycles. The van der Waals surface area contributed by atoms with Gasteiger partial charge in [-0.15, -0.1) is 0 Å². The zero-order valence-corrected chi connectivity index (χ0v) is 10.4. The van der Waals surface area contributed by atoms with Crippen LogP contribution in [-0.4, -0.2) is 31.7 Å². The standard InChI is InChI=1S/C11H15ClN2O3/c1-13-5-7-17-6-4-9-2-3-10(14(15)16)8-11(9)12/h2-3,8,13H,4-7H2,1H3. The molecular weight excluding hydrogens is 244 g/mol. The number of benzene rings is 1. The van der Waals surface area contributed by atoms with Crippen LogP contribution in [0.4, 0.5) is 5.69 Å². The van der Waals surface area contributed by atoms with Gasteiger partial charge >= 0.3 is 0 Å². The Morgan fingerprint density at radius 2 is 2.24 bits per heavy atom. The van der Waals surface area contributed by atoms with Crippen LogP contribution in [0.25, 0.3) is 0 Å². The fourth-order valence-electron chi connectivity index (χ4n) is 1.31. The van der Waals surface area contributed by atoms with E-state index in [1.807, 2.05) is 7.05 Å². The quantitative estimate of drug-likeness (QED) is 0.462. The molecule has 1 rings (SSSR count). The summed E-state index contributed by atoms with van der Waals surface area (Å²) in [7, 11) is 1.86. The molecule has 0 aliphatic rings. The Labute approximate surface area is 105 Å². The number of nitro benzene ring substituents is 1. The molecule has 17 heavy (non-hydrogen) atoms. The van der Waals surface area contributed by atoms with Crippen molar-refractivity contribution in [3.05, 3.63) is 38.9 Å². The highest BCUT2D eigenvalue weighted by Gasteiger charge is 2.08. The summed E-state index contributed by atoms with van der Waals surface area (Å²) >= 11 is 5.94. The summed E-state index contributed by atoms with van der Waals surface area (Å²) in [5, 5.41) is 13.9. The Balaban J connectivity index is 2.46. The van der Waals surface area contributed by atoms with Crippen LogP contribution in [0.3, 0.4) is 0 Å². The maximum Gasteiger partial charge on any atom is 0.270 e. The first-order chi connectivity index (χ1) is 8.15. The van der Waals surface area contributed by atoms with E-state index in [-0.39, 0.29) is 5.69 Å². The van der Waals surface area contributed by atoms with Crippen LogP contribution in [0.15, 0.2) is 18.2 Å². The van der Waals surface area contributed by atoms with Crippen molar-refractivity contribution in [3.63, 3.8) is 0 Å². The lowest BCUT2D eigenvalue weighted by Gasteiger charge is -2.05. The maximum absolute atomic E-state index is 10.5. The monoisotopic (exact) mass is 258 g/mol. The van der Waals surface area contributed by atoms with Crippen molar-refractivity contribution in [2.45, 2.75) is 6.42 Å². The van der Waals surface area contributed by atoms with Gasteiger partial charge in [0.1, 0.15) is 0 Å². The van der Waals surface area contributed by atoms with Crippen molar-refractivity contribution in [2.24, 2.45) is 0 Å². The average Bonchev–Trinajstić information content (AvgIpc) is 2.30. The van der Waals surface area contributed by atoms with Crippen molar-refractivity contribution in [1.82, 2.24) is 5.32 Å². The Morgan fingerprint density at radius 3 is 2.82 bits per heavy atom. The molecule has 5 nitrogen and oxygen atoms in total. The molecule has 0 amide bonds. The topological polar surface area (TPSA) is 64.4 Å². The lowest BCUT2D eigenvalue weighted by atomic mass is 10.1. The minimum absolute atomic E-state index is 0.00912. The summed E-state index contributed by atoms with van der Waals surface area (Å²) in [4.78, 5) is 10.1. The number of rotatable bonds is 7. The summed E-state index contributed by atoms with van der Waals surface area (Å²) < 4.78 is 5.36. The predicted molar refractivity (Wildman–Crippen MR) is 66.6 cm³/mol. The zero-order chi connectivity index (χ0) is 12.7. The van der Waals surface area contributed by atoms with E-state index in [2.05, 4.69) is 5.32 Å². The van der Waals surface area contributed by atoms with Crippen molar-refractivity contribution >= 4 is 17.3 Å². The van der Waals surface area contributed by atoms with Crippen LogP contribution >= 0.6 is 11.6 Å². The van der Waals surface area contributed by atoms with Gasteiger partial charge in [0, 0.05) is 18.7 Å². The summed E-state index contributed by atoms with van der Waals surface area (Å²) in [5.41, 5.74) is 0.872. The lowest BCUT2D eigenvalue weighted by molar-refractivity contribution is -0.384. The fraction of sp³-hybridized carbons (Fsp3) is 0.455. The number of hydrogen-bond acceptors (Lipinski definition) is 4. The van der Waals surface area contributed by atoms with E-state index in [0.29, 0.717) is 24.7 Å².